The van der Waals surface area contributed by atoms with E-state index in [0.717, 1.165) is 18.8 Å². The van der Waals surface area contributed by atoms with Gasteiger partial charge in [0.25, 0.3) is 0 Å². The summed E-state index contributed by atoms with van der Waals surface area (Å²) in [7, 11) is 0. The van der Waals surface area contributed by atoms with E-state index < -0.39 is 0 Å². The van der Waals surface area contributed by atoms with E-state index in [9.17, 15) is 4.79 Å². The number of rotatable bonds is 3. The average molecular weight is 269 g/mol. The monoisotopic (exact) mass is 269 g/mol. The standard InChI is InChI=1S/C12H19N3O2S/c1-2-14-10(16)8-3-9(8)12-6-17-4-7(12)5-18-11(13)15-12/h7-9H,2-6H2,1H3,(H2,13,15)(H,14,16)/t7-,8+,9+,12-/m0/s1. The number of amidine groups is 1. The Morgan fingerprint density at radius 3 is 3.33 bits per heavy atom. The van der Waals surface area contributed by atoms with Crippen LogP contribution in [0.5, 0.6) is 0 Å². The Balaban J connectivity index is 1.78. The highest BCUT2D eigenvalue weighted by atomic mass is 32.2. The molecule has 2 fully saturated rings. The van der Waals surface area contributed by atoms with Crippen molar-refractivity contribution in [2.45, 2.75) is 18.9 Å². The van der Waals surface area contributed by atoms with Crippen molar-refractivity contribution in [3.8, 4) is 0 Å². The molecule has 0 spiro atoms. The number of amides is 1. The first kappa shape index (κ1) is 12.3. The molecule has 100 valence electrons. The highest BCUT2D eigenvalue weighted by Crippen LogP contribution is 2.55. The van der Waals surface area contributed by atoms with Crippen molar-refractivity contribution in [2.24, 2.45) is 28.5 Å². The van der Waals surface area contributed by atoms with Crippen molar-refractivity contribution >= 4 is 22.8 Å². The summed E-state index contributed by atoms with van der Waals surface area (Å²) in [6.07, 6.45) is 0.924. The van der Waals surface area contributed by atoms with Crippen LogP contribution in [0.2, 0.25) is 0 Å². The summed E-state index contributed by atoms with van der Waals surface area (Å²) in [4.78, 5) is 16.6. The van der Waals surface area contributed by atoms with Crippen LogP contribution in [0.25, 0.3) is 0 Å². The first-order chi connectivity index (χ1) is 8.67. The molecule has 1 saturated heterocycles. The Kier molecular flexibility index (Phi) is 3.02. The van der Waals surface area contributed by atoms with Crippen LogP contribution in [0.1, 0.15) is 13.3 Å². The molecule has 1 aliphatic carbocycles. The van der Waals surface area contributed by atoms with Crippen LogP contribution in [0.3, 0.4) is 0 Å². The summed E-state index contributed by atoms with van der Waals surface area (Å²) in [5.41, 5.74) is 5.66. The van der Waals surface area contributed by atoms with Crippen LogP contribution in [-0.4, -0.2) is 42.1 Å². The van der Waals surface area contributed by atoms with E-state index in [-0.39, 0.29) is 17.4 Å². The molecule has 0 aromatic heterocycles. The second-order valence-corrected chi connectivity index (χ2v) is 6.35. The molecule has 0 unspecified atom stereocenters. The summed E-state index contributed by atoms with van der Waals surface area (Å²) in [5, 5.41) is 3.55. The fourth-order valence-electron chi connectivity index (χ4n) is 3.20. The molecule has 0 bridgehead atoms. The van der Waals surface area contributed by atoms with Gasteiger partial charge in [-0.3, -0.25) is 9.79 Å². The fourth-order valence-corrected chi connectivity index (χ4v) is 4.19. The lowest BCUT2D eigenvalue weighted by Gasteiger charge is -2.34. The Bertz CT molecular complexity index is 401. The maximum Gasteiger partial charge on any atom is 0.223 e. The van der Waals surface area contributed by atoms with Crippen molar-refractivity contribution in [3.63, 3.8) is 0 Å². The highest BCUT2D eigenvalue weighted by molar-refractivity contribution is 8.13. The van der Waals surface area contributed by atoms with E-state index in [1.807, 2.05) is 6.92 Å². The van der Waals surface area contributed by atoms with Crippen LogP contribution in [0.15, 0.2) is 4.99 Å². The molecule has 4 atom stereocenters. The number of nitrogens with one attached hydrogen (secondary N) is 1. The summed E-state index contributed by atoms with van der Waals surface area (Å²) in [5.74, 6) is 1.96. The lowest BCUT2D eigenvalue weighted by atomic mass is 9.83. The lowest BCUT2D eigenvalue weighted by Crippen LogP contribution is -2.45. The summed E-state index contributed by atoms with van der Waals surface area (Å²) < 4.78 is 5.62. The largest absolute Gasteiger partial charge is 0.379 e. The zero-order chi connectivity index (χ0) is 12.8. The summed E-state index contributed by atoms with van der Waals surface area (Å²) >= 11 is 1.61. The van der Waals surface area contributed by atoms with Gasteiger partial charge < -0.3 is 15.8 Å². The van der Waals surface area contributed by atoms with Gasteiger partial charge in [-0.2, -0.15) is 0 Å². The van der Waals surface area contributed by atoms with Gasteiger partial charge in [0.1, 0.15) is 0 Å². The molecule has 6 heteroatoms. The topological polar surface area (TPSA) is 76.7 Å². The van der Waals surface area contributed by atoms with Gasteiger partial charge in [0, 0.05) is 24.1 Å². The SMILES string of the molecule is CCNC(=O)[C@@H]1C[C@H]1[C@]12COC[C@H]1CSC(N)=N2. The van der Waals surface area contributed by atoms with Crippen molar-refractivity contribution < 1.29 is 9.53 Å². The van der Waals surface area contributed by atoms with Crippen LogP contribution >= 0.6 is 11.8 Å². The van der Waals surface area contributed by atoms with Gasteiger partial charge in [-0.15, -0.1) is 0 Å². The predicted octanol–water partition coefficient (Wildman–Crippen LogP) is 0.205. The van der Waals surface area contributed by atoms with Crippen LogP contribution in [0, 0.1) is 17.8 Å². The second-order valence-electron chi connectivity index (χ2n) is 5.31. The summed E-state index contributed by atoms with van der Waals surface area (Å²) in [6.45, 7) is 4.01. The molecule has 2 heterocycles. The molecule has 1 saturated carbocycles. The Hall–Kier alpha value is -0.750. The van der Waals surface area contributed by atoms with Crippen LogP contribution < -0.4 is 11.1 Å². The number of hydrogen-bond donors (Lipinski definition) is 2. The molecule has 18 heavy (non-hydrogen) atoms. The fraction of sp³-hybridized carbons (Fsp3) is 0.833. The zero-order valence-electron chi connectivity index (χ0n) is 10.5. The Labute approximate surface area is 111 Å². The minimum Gasteiger partial charge on any atom is -0.379 e. The minimum atomic E-state index is -0.217. The van der Waals surface area contributed by atoms with Gasteiger partial charge in [0.15, 0.2) is 5.17 Å². The number of thioether (sulfide) groups is 1. The number of nitrogens with zero attached hydrogens (tertiary/aromatic N) is 1. The third-order valence-electron chi connectivity index (χ3n) is 4.23. The smallest absolute Gasteiger partial charge is 0.223 e. The molecule has 0 aromatic carbocycles. The Morgan fingerprint density at radius 2 is 2.56 bits per heavy atom. The van der Waals surface area contributed by atoms with Crippen LogP contribution in [-0.2, 0) is 9.53 Å². The molecule has 3 rings (SSSR count). The van der Waals surface area contributed by atoms with Crippen LogP contribution in [0.4, 0.5) is 0 Å². The average Bonchev–Trinajstić information content (AvgIpc) is 3.05. The minimum absolute atomic E-state index is 0.105. The first-order valence-corrected chi connectivity index (χ1v) is 7.49. The third-order valence-corrected chi connectivity index (χ3v) is 5.19. The molecule has 5 nitrogen and oxygen atoms in total. The number of fused-ring (bicyclic) bond motifs is 1. The van der Waals surface area contributed by atoms with Crippen molar-refractivity contribution in [1.29, 1.82) is 0 Å². The van der Waals surface area contributed by atoms with Gasteiger partial charge >= 0.3 is 0 Å². The number of nitrogens with two attached hydrogens (primary N) is 1. The van der Waals surface area contributed by atoms with Crippen molar-refractivity contribution in [1.82, 2.24) is 5.32 Å². The first-order valence-electron chi connectivity index (χ1n) is 6.51. The molecule has 0 aromatic rings. The number of ether oxygens (including phenoxy) is 1. The van der Waals surface area contributed by atoms with Crippen molar-refractivity contribution in [2.75, 3.05) is 25.5 Å². The zero-order valence-corrected chi connectivity index (χ0v) is 11.3. The van der Waals surface area contributed by atoms with E-state index in [1.165, 1.54) is 0 Å². The van der Waals surface area contributed by atoms with Crippen molar-refractivity contribution in [3.05, 3.63) is 0 Å². The van der Waals surface area contributed by atoms with E-state index in [2.05, 4.69) is 10.3 Å². The quantitative estimate of drug-likeness (QED) is 0.767. The van der Waals surface area contributed by atoms with E-state index in [1.54, 1.807) is 11.8 Å². The number of carbonyl (C=O) groups excluding carboxylic acids is 1. The van der Waals surface area contributed by atoms with Gasteiger partial charge in [-0.1, -0.05) is 11.8 Å². The predicted molar refractivity (Wildman–Crippen MR) is 71.4 cm³/mol. The van der Waals surface area contributed by atoms with E-state index in [4.69, 9.17) is 10.5 Å². The lowest BCUT2D eigenvalue weighted by molar-refractivity contribution is -0.122. The molecule has 2 aliphatic heterocycles. The van der Waals surface area contributed by atoms with Gasteiger partial charge in [-0.25, -0.2) is 0 Å². The maximum absolute atomic E-state index is 11.9. The number of aliphatic imine (C=N–C) groups is 1. The molecule has 3 N–H and O–H groups in total. The highest BCUT2D eigenvalue weighted by Gasteiger charge is 2.62. The molecule has 1 amide bonds. The second kappa shape index (κ2) is 4.42. The number of carbonyl (C=O) groups is 1. The van der Waals surface area contributed by atoms with Gasteiger partial charge in [0.2, 0.25) is 5.91 Å². The normalized spacial score (nSPS) is 42.1. The van der Waals surface area contributed by atoms with E-state index in [0.29, 0.717) is 30.2 Å². The Morgan fingerprint density at radius 1 is 1.72 bits per heavy atom. The summed E-state index contributed by atoms with van der Waals surface area (Å²) in [6, 6.07) is 0. The van der Waals surface area contributed by atoms with Gasteiger partial charge in [0.05, 0.1) is 18.8 Å². The van der Waals surface area contributed by atoms with E-state index >= 15 is 0 Å². The number of hydrogen-bond acceptors (Lipinski definition) is 5. The molecular formula is C12H19N3O2S. The van der Waals surface area contributed by atoms with Gasteiger partial charge in [-0.05, 0) is 19.3 Å². The molecular weight excluding hydrogens is 250 g/mol. The molecule has 0 radical (unpaired) electrons. The molecule has 3 aliphatic rings. The third kappa shape index (κ3) is 1.82. The maximum atomic E-state index is 11.9.